The van der Waals surface area contributed by atoms with Crippen molar-refractivity contribution in [1.29, 1.82) is 0 Å². The number of alkyl halides is 3. The fourth-order valence-electron chi connectivity index (χ4n) is 3.01. The van der Waals surface area contributed by atoms with E-state index in [1.54, 1.807) is 48.5 Å². The second-order valence-electron chi connectivity index (χ2n) is 7.10. The first-order valence-electron chi connectivity index (χ1n) is 9.97. The average Bonchev–Trinajstić information content (AvgIpc) is 2.83. The SMILES string of the molecule is O=[N+]([O-])c1ccc(Sc2nc(-c3ccccc3)cc(C(F)(F)F)n2)c(C=Nc2cccc(Br)c2)c1. The summed E-state index contributed by atoms with van der Waals surface area (Å²) in [5, 5.41) is 11.1. The molecule has 0 unspecified atom stereocenters. The second kappa shape index (κ2) is 10.4. The van der Waals surface area contributed by atoms with Gasteiger partial charge in [0.2, 0.25) is 0 Å². The van der Waals surface area contributed by atoms with E-state index in [0.717, 1.165) is 22.3 Å². The molecule has 4 aromatic rings. The highest BCUT2D eigenvalue weighted by Crippen LogP contribution is 2.35. The van der Waals surface area contributed by atoms with Crippen LogP contribution in [-0.2, 0) is 6.18 Å². The van der Waals surface area contributed by atoms with Crippen LogP contribution in [0.2, 0.25) is 0 Å². The summed E-state index contributed by atoms with van der Waals surface area (Å²) in [6.45, 7) is 0. The van der Waals surface area contributed by atoms with E-state index in [-0.39, 0.29) is 16.5 Å². The van der Waals surface area contributed by atoms with Crippen LogP contribution in [0.1, 0.15) is 11.3 Å². The fraction of sp³-hybridized carbons (Fsp3) is 0.0417. The van der Waals surface area contributed by atoms with E-state index >= 15 is 0 Å². The van der Waals surface area contributed by atoms with Gasteiger partial charge in [0.15, 0.2) is 5.16 Å². The Hall–Kier alpha value is -3.57. The Bertz CT molecular complexity index is 1420. The molecule has 0 aliphatic carbocycles. The fourth-order valence-corrected chi connectivity index (χ4v) is 4.25. The molecular weight excluding hydrogens is 545 g/mol. The molecule has 0 aliphatic rings. The topological polar surface area (TPSA) is 81.3 Å². The van der Waals surface area contributed by atoms with Crippen LogP contribution >= 0.6 is 27.7 Å². The number of rotatable bonds is 6. The Balaban J connectivity index is 1.77. The first kappa shape index (κ1) is 24.6. The van der Waals surface area contributed by atoms with Gasteiger partial charge in [-0.15, -0.1) is 0 Å². The van der Waals surface area contributed by atoms with Gasteiger partial charge in [0.05, 0.1) is 16.3 Å². The molecule has 1 aromatic heterocycles. The highest BCUT2D eigenvalue weighted by molar-refractivity contribution is 9.10. The summed E-state index contributed by atoms with van der Waals surface area (Å²) in [4.78, 5) is 23.5. The van der Waals surface area contributed by atoms with Crippen molar-refractivity contribution in [2.45, 2.75) is 16.2 Å². The molecule has 35 heavy (non-hydrogen) atoms. The van der Waals surface area contributed by atoms with Gasteiger partial charge in [-0.25, -0.2) is 9.97 Å². The molecule has 3 aromatic carbocycles. The Kier molecular flexibility index (Phi) is 7.27. The number of aromatic nitrogens is 2. The third kappa shape index (κ3) is 6.31. The Morgan fingerprint density at radius 1 is 0.971 bits per heavy atom. The Morgan fingerprint density at radius 2 is 1.74 bits per heavy atom. The molecule has 0 aliphatic heterocycles. The summed E-state index contributed by atoms with van der Waals surface area (Å²) in [5.74, 6) is 0. The maximum absolute atomic E-state index is 13.6. The van der Waals surface area contributed by atoms with Crippen molar-refractivity contribution in [2.75, 3.05) is 0 Å². The smallest absolute Gasteiger partial charge is 0.258 e. The zero-order chi connectivity index (χ0) is 25.0. The zero-order valence-electron chi connectivity index (χ0n) is 17.6. The first-order valence-corrected chi connectivity index (χ1v) is 11.6. The third-order valence-electron chi connectivity index (χ3n) is 4.63. The molecule has 0 atom stereocenters. The van der Waals surface area contributed by atoms with Gasteiger partial charge in [0, 0.05) is 38.8 Å². The summed E-state index contributed by atoms with van der Waals surface area (Å²) in [7, 11) is 0. The number of halogens is 4. The van der Waals surface area contributed by atoms with Crippen molar-refractivity contribution < 1.29 is 18.1 Å². The minimum Gasteiger partial charge on any atom is -0.258 e. The number of nitro benzene ring substituents is 1. The molecule has 0 spiro atoms. The monoisotopic (exact) mass is 558 g/mol. The molecular formula is C24H14BrF3N4O2S. The molecule has 0 bridgehead atoms. The molecule has 1 heterocycles. The van der Waals surface area contributed by atoms with Crippen LogP contribution in [-0.4, -0.2) is 21.1 Å². The summed E-state index contributed by atoms with van der Waals surface area (Å²) in [6, 6.07) is 20.5. The highest BCUT2D eigenvalue weighted by Gasteiger charge is 2.34. The third-order valence-corrected chi connectivity index (χ3v) is 6.08. The predicted molar refractivity (Wildman–Crippen MR) is 131 cm³/mol. The molecule has 176 valence electrons. The number of nitrogens with zero attached hydrogens (tertiary/aromatic N) is 4. The molecule has 11 heteroatoms. The average molecular weight is 559 g/mol. The van der Waals surface area contributed by atoms with E-state index < -0.39 is 16.8 Å². The Morgan fingerprint density at radius 3 is 2.43 bits per heavy atom. The number of hydrogen-bond acceptors (Lipinski definition) is 6. The second-order valence-corrected chi connectivity index (χ2v) is 9.03. The predicted octanol–water partition coefficient (Wildman–Crippen LogP) is 7.73. The van der Waals surface area contributed by atoms with Gasteiger partial charge in [-0.3, -0.25) is 15.1 Å². The largest absolute Gasteiger partial charge is 0.433 e. The number of benzene rings is 3. The first-order chi connectivity index (χ1) is 16.7. The van der Waals surface area contributed by atoms with Crippen LogP contribution in [0, 0.1) is 10.1 Å². The summed E-state index contributed by atoms with van der Waals surface area (Å²) < 4.78 is 41.5. The zero-order valence-corrected chi connectivity index (χ0v) is 20.0. The maximum Gasteiger partial charge on any atom is 0.433 e. The van der Waals surface area contributed by atoms with Crippen molar-refractivity contribution >= 4 is 45.3 Å². The number of non-ortho nitro benzene ring substituents is 1. The lowest BCUT2D eigenvalue weighted by molar-refractivity contribution is -0.384. The van der Waals surface area contributed by atoms with Crippen LogP contribution in [0.4, 0.5) is 24.5 Å². The van der Waals surface area contributed by atoms with Gasteiger partial charge in [0.25, 0.3) is 5.69 Å². The number of nitro groups is 1. The lowest BCUT2D eigenvalue weighted by atomic mass is 10.1. The van der Waals surface area contributed by atoms with Crippen molar-refractivity contribution in [3.8, 4) is 11.3 Å². The van der Waals surface area contributed by atoms with E-state index in [0.29, 0.717) is 21.7 Å². The molecule has 0 amide bonds. The minimum atomic E-state index is -4.68. The van der Waals surface area contributed by atoms with E-state index in [1.807, 2.05) is 6.07 Å². The van der Waals surface area contributed by atoms with Gasteiger partial charge in [-0.05, 0) is 42.1 Å². The van der Waals surface area contributed by atoms with Crippen LogP contribution in [0.25, 0.3) is 11.3 Å². The van der Waals surface area contributed by atoms with E-state index in [9.17, 15) is 23.3 Å². The van der Waals surface area contributed by atoms with Crippen LogP contribution in [0.3, 0.4) is 0 Å². The van der Waals surface area contributed by atoms with Crippen molar-refractivity contribution in [1.82, 2.24) is 9.97 Å². The molecule has 4 rings (SSSR count). The normalized spacial score (nSPS) is 11.7. The van der Waals surface area contributed by atoms with Crippen LogP contribution < -0.4 is 0 Å². The molecule has 0 saturated carbocycles. The molecule has 0 N–H and O–H groups in total. The van der Waals surface area contributed by atoms with Crippen molar-refractivity contribution in [2.24, 2.45) is 4.99 Å². The van der Waals surface area contributed by atoms with Crippen LogP contribution in [0.15, 0.2) is 98.4 Å². The van der Waals surface area contributed by atoms with Gasteiger partial charge in [0.1, 0.15) is 5.69 Å². The lowest BCUT2D eigenvalue weighted by Gasteiger charge is -2.11. The lowest BCUT2D eigenvalue weighted by Crippen LogP contribution is -2.10. The van der Waals surface area contributed by atoms with Crippen LogP contribution in [0.5, 0.6) is 0 Å². The van der Waals surface area contributed by atoms with E-state index in [1.165, 1.54) is 24.4 Å². The Labute approximate surface area is 210 Å². The number of aliphatic imine (C=N–C) groups is 1. The highest BCUT2D eigenvalue weighted by atomic mass is 79.9. The van der Waals surface area contributed by atoms with Gasteiger partial charge in [-0.2, -0.15) is 13.2 Å². The van der Waals surface area contributed by atoms with Crippen molar-refractivity contribution in [3.63, 3.8) is 0 Å². The summed E-state index contributed by atoms with van der Waals surface area (Å²) >= 11 is 4.22. The van der Waals surface area contributed by atoms with E-state index in [2.05, 4.69) is 30.9 Å². The van der Waals surface area contributed by atoms with Crippen molar-refractivity contribution in [3.05, 3.63) is 105 Å². The molecule has 0 fully saturated rings. The number of hydrogen-bond donors (Lipinski definition) is 0. The maximum atomic E-state index is 13.6. The minimum absolute atomic E-state index is 0.113. The summed E-state index contributed by atoms with van der Waals surface area (Å²) in [5.41, 5.74) is 0.277. The van der Waals surface area contributed by atoms with Gasteiger partial charge < -0.3 is 0 Å². The molecule has 0 radical (unpaired) electrons. The van der Waals surface area contributed by atoms with E-state index in [4.69, 9.17) is 0 Å². The quantitative estimate of drug-likeness (QED) is 0.105. The van der Waals surface area contributed by atoms with Gasteiger partial charge >= 0.3 is 6.18 Å². The summed E-state index contributed by atoms with van der Waals surface area (Å²) in [6.07, 6.45) is -3.26. The molecule has 0 saturated heterocycles. The standard InChI is InChI=1S/C24H14BrF3N4O2S/c25-17-7-4-8-18(12-17)29-14-16-11-19(32(33)34)9-10-21(16)35-23-30-20(15-5-2-1-3-6-15)13-22(31-23)24(26,27)28/h1-14H. The van der Waals surface area contributed by atoms with Gasteiger partial charge in [-0.1, -0.05) is 52.3 Å². The molecule has 6 nitrogen and oxygen atoms in total.